The van der Waals surface area contributed by atoms with Gasteiger partial charge in [0.2, 0.25) is 29.5 Å². The zero-order valence-corrected chi connectivity index (χ0v) is 20.4. The van der Waals surface area contributed by atoms with Crippen molar-refractivity contribution in [3.63, 3.8) is 0 Å². The van der Waals surface area contributed by atoms with Gasteiger partial charge >= 0.3 is 5.97 Å². The fourth-order valence-electron chi connectivity index (χ4n) is 3.48. The molecule has 36 heavy (non-hydrogen) atoms. The van der Waals surface area contributed by atoms with Crippen LogP contribution >= 0.6 is 0 Å². The highest BCUT2D eigenvalue weighted by Crippen LogP contribution is 2.18. The summed E-state index contributed by atoms with van der Waals surface area (Å²) < 4.78 is 0. The number of nitrogens with one attached hydrogen (secondary N) is 4. The number of carbonyl (C=O) groups excluding carboxylic acids is 5. The van der Waals surface area contributed by atoms with Crippen LogP contribution in [0.5, 0.6) is 0 Å². The highest BCUT2D eigenvalue weighted by atomic mass is 16.4. The van der Waals surface area contributed by atoms with Gasteiger partial charge < -0.3 is 47.2 Å². The smallest absolute Gasteiger partial charge is 0.328 e. The van der Waals surface area contributed by atoms with Crippen molar-refractivity contribution >= 4 is 35.5 Å². The highest BCUT2D eigenvalue weighted by molar-refractivity contribution is 5.95. The molecule has 1 aliphatic heterocycles. The average Bonchev–Trinajstić information content (AvgIpc) is 3.36. The molecule has 0 radical (unpaired) electrons. The Hall–Kier alpha value is -3.30. The fraction of sp³-hybridized carbons (Fsp3) is 0.714. The number of hydrogen-bond donors (Lipinski definition) is 8. The van der Waals surface area contributed by atoms with Gasteiger partial charge in [0.1, 0.15) is 24.2 Å². The molecule has 1 saturated heterocycles. The molecule has 1 fully saturated rings. The molecule has 0 aromatic carbocycles. The number of carbonyl (C=O) groups is 6. The Morgan fingerprint density at radius 3 is 2.19 bits per heavy atom. The molecule has 0 spiro atoms. The summed E-state index contributed by atoms with van der Waals surface area (Å²) in [4.78, 5) is 74.1. The second-order valence-electron chi connectivity index (χ2n) is 8.48. The Morgan fingerprint density at radius 2 is 1.64 bits per heavy atom. The molecule has 15 heteroatoms. The molecule has 0 bridgehead atoms. The van der Waals surface area contributed by atoms with Gasteiger partial charge in [-0.3, -0.25) is 24.0 Å². The number of carboxylic acid groups (broad SMARTS) is 1. The average molecular weight is 517 g/mol. The van der Waals surface area contributed by atoms with Crippen LogP contribution in [0.15, 0.2) is 0 Å². The first-order chi connectivity index (χ1) is 17.0. The zero-order valence-electron chi connectivity index (χ0n) is 20.4. The standard InChI is InChI=1S/C21H36N6O9/c1-3-11(2)17(20(34)23-7-15(30)25-13(10-29)21(35)36)26-19(33)14-5-4-6-27(14)16(31)8-24-18(32)12(22)9-28/h11-14,17,28-29H,3-10,22H2,1-2H3,(H,23,34)(H,24,32)(H,25,30)(H,26,33)(H,35,36). The number of aliphatic carboxylic acids is 1. The quantitative estimate of drug-likeness (QED) is 0.110. The van der Waals surface area contributed by atoms with E-state index in [-0.39, 0.29) is 12.5 Å². The Labute approximate surface area is 208 Å². The van der Waals surface area contributed by atoms with Crippen LogP contribution in [0.25, 0.3) is 0 Å². The molecule has 204 valence electrons. The maximum atomic E-state index is 13.0. The van der Waals surface area contributed by atoms with Crippen molar-refractivity contribution in [3.8, 4) is 0 Å². The molecule has 9 N–H and O–H groups in total. The van der Waals surface area contributed by atoms with Crippen LogP contribution in [0, 0.1) is 5.92 Å². The summed E-state index contributed by atoms with van der Waals surface area (Å²) in [5, 5.41) is 36.1. The molecule has 15 nitrogen and oxygen atoms in total. The van der Waals surface area contributed by atoms with Crippen molar-refractivity contribution in [1.82, 2.24) is 26.2 Å². The lowest BCUT2D eigenvalue weighted by molar-refractivity contribution is -0.143. The maximum absolute atomic E-state index is 13.0. The molecule has 0 aromatic heterocycles. The van der Waals surface area contributed by atoms with Gasteiger partial charge in [0.15, 0.2) is 0 Å². The third-order valence-corrected chi connectivity index (χ3v) is 5.86. The van der Waals surface area contributed by atoms with Gasteiger partial charge in [-0.15, -0.1) is 0 Å². The normalized spacial score (nSPS) is 18.4. The fourth-order valence-corrected chi connectivity index (χ4v) is 3.48. The Balaban J connectivity index is 2.76. The van der Waals surface area contributed by atoms with Crippen molar-refractivity contribution < 1.29 is 44.1 Å². The molecule has 5 unspecified atom stereocenters. The van der Waals surface area contributed by atoms with Crippen LogP contribution in [-0.2, 0) is 28.8 Å². The molecule has 1 aliphatic rings. The number of amides is 5. The molecule has 1 heterocycles. The Kier molecular flexibility index (Phi) is 12.8. The van der Waals surface area contributed by atoms with Crippen molar-refractivity contribution in [2.24, 2.45) is 11.7 Å². The maximum Gasteiger partial charge on any atom is 0.328 e. The summed E-state index contributed by atoms with van der Waals surface area (Å²) in [6, 6.07) is -4.60. The van der Waals surface area contributed by atoms with Crippen molar-refractivity contribution in [2.75, 3.05) is 32.8 Å². The van der Waals surface area contributed by atoms with E-state index in [1.165, 1.54) is 4.90 Å². The molecule has 1 rings (SSSR count). The third-order valence-electron chi connectivity index (χ3n) is 5.86. The van der Waals surface area contributed by atoms with Crippen LogP contribution in [0.3, 0.4) is 0 Å². The molecule has 0 saturated carbocycles. The van der Waals surface area contributed by atoms with E-state index in [0.717, 1.165) is 0 Å². The van der Waals surface area contributed by atoms with E-state index >= 15 is 0 Å². The number of nitrogens with zero attached hydrogens (tertiary/aromatic N) is 1. The number of aliphatic hydroxyl groups excluding tert-OH is 2. The van der Waals surface area contributed by atoms with Crippen LogP contribution < -0.4 is 27.0 Å². The summed E-state index contributed by atoms with van der Waals surface area (Å²) in [7, 11) is 0. The number of aliphatic hydroxyl groups is 2. The lowest BCUT2D eigenvalue weighted by atomic mass is 9.97. The third kappa shape index (κ3) is 9.05. The molecule has 0 aliphatic carbocycles. The first kappa shape index (κ1) is 30.7. The summed E-state index contributed by atoms with van der Waals surface area (Å²) in [5.41, 5.74) is 5.39. The number of hydrogen-bond acceptors (Lipinski definition) is 9. The van der Waals surface area contributed by atoms with Gasteiger partial charge in [-0.2, -0.15) is 0 Å². The lowest BCUT2D eigenvalue weighted by Crippen LogP contribution is -2.57. The Morgan fingerprint density at radius 1 is 1.00 bits per heavy atom. The van der Waals surface area contributed by atoms with Gasteiger partial charge in [0, 0.05) is 6.54 Å². The van der Waals surface area contributed by atoms with E-state index in [0.29, 0.717) is 19.3 Å². The SMILES string of the molecule is CCC(C)C(NC(=O)C1CCCN1C(=O)CNC(=O)C(N)CO)C(=O)NCC(=O)NC(CO)C(=O)O. The number of carboxylic acids is 1. The number of nitrogens with two attached hydrogens (primary N) is 1. The predicted octanol–water partition coefficient (Wildman–Crippen LogP) is -4.38. The molecule has 5 atom stereocenters. The van der Waals surface area contributed by atoms with Crippen LogP contribution in [0.2, 0.25) is 0 Å². The van der Waals surface area contributed by atoms with Gasteiger partial charge in [-0.05, 0) is 18.8 Å². The molecule has 0 aromatic rings. The van der Waals surface area contributed by atoms with E-state index in [1.54, 1.807) is 13.8 Å². The topological polar surface area (TPSA) is 240 Å². The molecular weight excluding hydrogens is 480 g/mol. The van der Waals surface area contributed by atoms with Gasteiger partial charge in [-0.1, -0.05) is 20.3 Å². The van der Waals surface area contributed by atoms with E-state index in [9.17, 15) is 28.8 Å². The van der Waals surface area contributed by atoms with Crippen LogP contribution in [-0.4, -0.2) is 113 Å². The van der Waals surface area contributed by atoms with E-state index in [2.05, 4.69) is 21.3 Å². The van der Waals surface area contributed by atoms with Gasteiger partial charge in [0.25, 0.3) is 0 Å². The van der Waals surface area contributed by atoms with E-state index in [1.807, 2.05) is 0 Å². The van der Waals surface area contributed by atoms with E-state index in [4.69, 9.17) is 21.1 Å². The minimum Gasteiger partial charge on any atom is -0.480 e. The predicted molar refractivity (Wildman–Crippen MR) is 124 cm³/mol. The van der Waals surface area contributed by atoms with E-state index < -0.39 is 86.0 Å². The molecule has 5 amide bonds. The van der Waals surface area contributed by atoms with Crippen LogP contribution in [0.4, 0.5) is 0 Å². The Bertz CT molecular complexity index is 824. The second-order valence-corrected chi connectivity index (χ2v) is 8.48. The van der Waals surface area contributed by atoms with Crippen molar-refractivity contribution in [2.45, 2.75) is 57.3 Å². The first-order valence-corrected chi connectivity index (χ1v) is 11.6. The number of likely N-dealkylation sites (tertiary alicyclic amines) is 1. The lowest BCUT2D eigenvalue weighted by Gasteiger charge is -2.28. The monoisotopic (exact) mass is 516 g/mol. The van der Waals surface area contributed by atoms with Gasteiger partial charge in [0.05, 0.1) is 26.3 Å². The first-order valence-electron chi connectivity index (χ1n) is 11.6. The number of rotatable bonds is 14. The summed E-state index contributed by atoms with van der Waals surface area (Å²) in [5.74, 6) is -5.10. The largest absolute Gasteiger partial charge is 0.480 e. The minimum atomic E-state index is -1.52. The summed E-state index contributed by atoms with van der Waals surface area (Å²) >= 11 is 0. The highest BCUT2D eigenvalue weighted by Gasteiger charge is 2.37. The second kappa shape index (κ2) is 15.0. The summed E-state index contributed by atoms with van der Waals surface area (Å²) in [6.45, 7) is 1.39. The van der Waals surface area contributed by atoms with Gasteiger partial charge in [-0.25, -0.2) is 4.79 Å². The van der Waals surface area contributed by atoms with Crippen LogP contribution in [0.1, 0.15) is 33.1 Å². The van der Waals surface area contributed by atoms with Crippen molar-refractivity contribution in [1.29, 1.82) is 0 Å². The van der Waals surface area contributed by atoms with Crippen molar-refractivity contribution in [3.05, 3.63) is 0 Å². The molecular formula is C21H36N6O9. The summed E-state index contributed by atoms with van der Waals surface area (Å²) in [6.07, 6.45) is 1.38. The minimum absolute atomic E-state index is 0.273. The zero-order chi connectivity index (χ0) is 27.4.